The molecule has 0 aliphatic rings. The van der Waals surface area contributed by atoms with Gasteiger partial charge in [0, 0.05) is 0 Å². The van der Waals surface area contributed by atoms with Crippen molar-refractivity contribution in [2.75, 3.05) is 0 Å². The highest BCUT2D eigenvalue weighted by Crippen LogP contribution is 2.36. The van der Waals surface area contributed by atoms with Crippen LogP contribution in [0.1, 0.15) is 47.2 Å². The van der Waals surface area contributed by atoms with Gasteiger partial charge >= 0.3 is 12.1 Å². The first-order valence-corrected chi connectivity index (χ1v) is 6.46. The van der Waals surface area contributed by atoms with Crippen LogP contribution in [-0.4, -0.2) is 16.6 Å². The van der Waals surface area contributed by atoms with Crippen molar-refractivity contribution in [2.45, 2.75) is 38.6 Å². The molecule has 1 atom stereocenters. The first kappa shape index (κ1) is 16.6. The zero-order valence-corrected chi connectivity index (χ0v) is 12.1. The Morgan fingerprint density at radius 1 is 1.45 bits per heavy atom. The van der Waals surface area contributed by atoms with Gasteiger partial charge in [0.05, 0.1) is 6.04 Å². The summed E-state index contributed by atoms with van der Waals surface area (Å²) in [5.74, 6) is -1.06. The second-order valence-electron chi connectivity index (χ2n) is 4.99. The van der Waals surface area contributed by atoms with E-state index >= 15 is 0 Å². The summed E-state index contributed by atoms with van der Waals surface area (Å²) in [7, 11) is 0. The van der Waals surface area contributed by atoms with E-state index in [2.05, 4.69) is 11.6 Å². The van der Waals surface area contributed by atoms with Crippen molar-refractivity contribution in [2.24, 2.45) is 5.73 Å². The first-order chi connectivity index (χ1) is 8.95. The van der Waals surface area contributed by atoms with Gasteiger partial charge in [-0.2, -0.15) is 13.2 Å². The Morgan fingerprint density at radius 2 is 2.00 bits per heavy atom. The number of hydrogen-bond acceptors (Lipinski definition) is 5. The number of ether oxygens (including phenoxy) is 1. The molecule has 2 N–H and O–H groups in total. The molecular weight excluding hydrogens is 293 g/mol. The molecule has 8 heteroatoms. The lowest BCUT2D eigenvalue weighted by molar-refractivity contribution is -0.141. The van der Waals surface area contributed by atoms with Gasteiger partial charge in [-0.05, 0) is 20.8 Å². The van der Waals surface area contributed by atoms with Crippen molar-refractivity contribution >= 4 is 17.3 Å². The monoisotopic (exact) mass is 308 g/mol. The predicted octanol–water partition coefficient (Wildman–Crippen LogP) is 3.30. The van der Waals surface area contributed by atoms with Crippen LogP contribution in [-0.2, 0) is 10.9 Å². The fraction of sp³-hybridized carbons (Fsp3) is 0.500. The minimum absolute atomic E-state index is 0.0341. The summed E-state index contributed by atoms with van der Waals surface area (Å²) in [5.41, 5.74) is 3.39. The van der Waals surface area contributed by atoms with Gasteiger partial charge < -0.3 is 10.5 Å². The minimum atomic E-state index is -4.75. The van der Waals surface area contributed by atoms with Crippen LogP contribution in [0.5, 0.6) is 0 Å². The number of carbonyl (C=O) groups excluding carboxylic acids is 1. The molecule has 0 radical (unpaired) electrons. The summed E-state index contributed by atoms with van der Waals surface area (Å²) in [6, 6.07) is -0.864. The third kappa shape index (κ3) is 4.04. The minimum Gasteiger partial charge on any atom is -0.456 e. The molecule has 0 aliphatic heterocycles. The Bertz CT molecular complexity index is 518. The fourth-order valence-corrected chi connectivity index (χ4v) is 2.20. The highest BCUT2D eigenvalue weighted by atomic mass is 32.1. The van der Waals surface area contributed by atoms with Crippen LogP contribution in [0.25, 0.3) is 0 Å². The van der Waals surface area contributed by atoms with E-state index in [0.29, 0.717) is 11.3 Å². The molecule has 1 rings (SSSR count). The van der Waals surface area contributed by atoms with E-state index in [4.69, 9.17) is 10.5 Å². The van der Waals surface area contributed by atoms with E-state index in [1.807, 2.05) is 0 Å². The van der Waals surface area contributed by atoms with Crippen LogP contribution in [0, 0.1) is 0 Å². The number of esters is 1. The third-order valence-corrected chi connectivity index (χ3v) is 3.17. The van der Waals surface area contributed by atoms with Crippen LogP contribution in [0.2, 0.25) is 0 Å². The van der Waals surface area contributed by atoms with E-state index in [1.54, 1.807) is 20.8 Å². The number of nitrogens with two attached hydrogens (primary N) is 1. The maximum Gasteiger partial charge on any atom is 0.435 e. The molecule has 0 aromatic carbocycles. The first-order valence-electron chi connectivity index (χ1n) is 5.65. The summed E-state index contributed by atoms with van der Waals surface area (Å²) in [4.78, 5) is 14.6. The molecule has 4 nitrogen and oxygen atoms in total. The number of nitrogens with zero attached hydrogens (tertiary/aromatic N) is 1. The van der Waals surface area contributed by atoms with Crippen LogP contribution < -0.4 is 5.73 Å². The summed E-state index contributed by atoms with van der Waals surface area (Å²) in [6.45, 7) is 8.08. The third-order valence-electron chi connectivity index (χ3n) is 2.04. The molecule has 0 bridgehead atoms. The van der Waals surface area contributed by atoms with Crippen molar-refractivity contribution in [1.82, 2.24) is 4.98 Å². The lowest BCUT2D eigenvalue weighted by Gasteiger charge is -2.19. The SMILES string of the molecule is C=CC(N)c1nc(C(F)(F)F)c(C(=O)OC(C)(C)C)s1. The Morgan fingerprint density at radius 3 is 2.40 bits per heavy atom. The van der Waals surface area contributed by atoms with Crippen molar-refractivity contribution in [3.8, 4) is 0 Å². The number of halogens is 3. The van der Waals surface area contributed by atoms with E-state index in [0.717, 1.165) is 0 Å². The van der Waals surface area contributed by atoms with Gasteiger partial charge in [0.1, 0.15) is 15.5 Å². The lowest BCUT2D eigenvalue weighted by atomic mass is 10.2. The normalized spacial score (nSPS) is 13.9. The summed E-state index contributed by atoms with van der Waals surface area (Å²) in [5, 5.41) is -0.0341. The van der Waals surface area contributed by atoms with Gasteiger partial charge in [-0.1, -0.05) is 6.08 Å². The summed E-state index contributed by atoms with van der Waals surface area (Å²) in [6.07, 6.45) is -3.50. The van der Waals surface area contributed by atoms with Gasteiger partial charge in [-0.25, -0.2) is 9.78 Å². The van der Waals surface area contributed by atoms with Crippen LogP contribution in [0.15, 0.2) is 12.7 Å². The zero-order chi connectivity index (χ0) is 15.7. The quantitative estimate of drug-likeness (QED) is 0.687. The zero-order valence-electron chi connectivity index (χ0n) is 11.2. The molecule has 0 saturated carbocycles. The second-order valence-corrected chi connectivity index (χ2v) is 6.02. The molecule has 112 valence electrons. The van der Waals surface area contributed by atoms with Crippen molar-refractivity contribution in [3.05, 3.63) is 28.2 Å². The molecule has 0 spiro atoms. The number of rotatable bonds is 3. The van der Waals surface area contributed by atoms with Gasteiger partial charge in [0.15, 0.2) is 5.69 Å². The molecule has 20 heavy (non-hydrogen) atoms. The standard InChI is InChI=1S/C12H15F3N2O2S/c1-5-6(16)9-17-8(12(13,14)15)7(20-9)10(18)19-11(2,3)4/h5-6H,1,16H2,2-4H3. The number of thiazole rings is 1. The fourth-order valence-electron chi connectivity index (χ4n) is 1.23. The average Bonchev–Trinajstić information content (AvgIpc) is 2.70. The Kier molecular flexibility index (Phi) is 4.60. The van der Waals surface area contributed by atoms with Gasteiger partial charge in [-0.15, -0.1) is 17.9 Å². The van der Waals surface area contributed by atoms with E-state index in [9.17, 15) is 18.0 Å². The molecule has 0 fully saturated rings. The number of aromatic nitrogens is 1. The van der Waals surface area contributed by atoms with Gasteiger partial charge in [-0.3, -0.25) is 0 Å². The highest BCUT2D eigenvalue weighted by Gasteiger charge is 2.41. The second kappa shape index (κ2) is 5.53. The molecule has 1 unspecified atom stereocenters. The maximum absolute atomic E-state index is 12.9. The molecule has 0 aliphatic carbocycles. The van der Waals surface area contributed by atoms with E-state index in [1.165, 1.54) is 6.08 Å². The Labute approximate surface area is 118 Å². The smallest absolute Gasteiger partial charge is 0.435 e. The predicted molar refractivity (Wildman–Crippen MR) is 69.4 cm³/mol. The molecule has 1 aromatic rings. The van der Waals surface area contributed by atoms with Crippen molar-refractivity contribution < 1.29 is 22.7 Å². The number of hydrogen-bond donors (Lipinski definition) is 1. The number of carbonyl (C=O) groups is 1. The highest BCUT2D eigenvalue weighted by molar-refractivity contribution is 7.13. The molecule has 1 aromatic heterocycles. The summed E-state index contributed by atoms with van der Waals surface area (Å²) < 4.78 is 43.6. The van der Waals surface area contributed by atoms with Crippen molar-refractivity contribution in [1.29, 1.82) is 0 Å². The van der Waals surface area contributed by atoms with Gasteiger partial charge in [0.25, 0.3) is 0 Å². The summed E-state index contributed by atoms with van der Waals surface area (Å²) >= 11 is 0.566. The average molecular weight is 308 g/mol. The van der Waals surface area contributed by atoms with Crippen LogP contribution in [0.4, 0.5) is 13.2 Å². The Balaban J connectivity index is 3.26. The molecule has 0 saturated heterocycles. The molecule has 1 heterocycles. The molecule has 0 amide bonds. The lowest BCUT2D eigenvalue weighted by Crippen LogP contribution is -2.25. The van der Waals surface area contributed by atoms with Crippen molar-refractivity contribution in [3.63, 3.8) is 0 Å². The largest absolute Gasteiger partial charge is 0.456 e. The maximum atomic E-state index is 12.9. The van der Waals surface area contributed by atoms with E-state index in [-0.39, 0.29) is 5.01 Å². The Hall–Kier alpha value is -1.41. The van der Waals surface area contributed by atoms with Crippen LogP contribution >= 0.6 is 11.3 Å². The van der Waals surface area contributed by atoms with E-state index < -0.39 is 34.4 Å². The van der Waals surface area contributed by atoms with Gasteiger partial charge in [0.2, 0.25) is 0 Å². The number of alkyl halides is 3. The topological polar surface area (TPSA) is 65.2 Å². The molecular formula is C12H15F3N2O2S. The van der Waals surface area contributed by atoms with Crippen LogP contribution in [0.3, 0.4) is 0 Å².